The molecule has 0 radical (unpaired) electrons. The average Bonchev–Trinajstić information content (AvgIpc) is 2.79. The predicted octanol–water partition coefficient (Wildman–Crippen LogP) is 6.62. The van der Waals surface area contributed by atoms with Crippen LogP contribution in [0.2, 0.25) is 0 Å². The summed E-state index contributed by atoms with van der Waals surface area (Å²) in [5, 5.41) is 3.00. The number of carbonyl (C=O) groups is 1. The third-order valence-corrected chi connectivity index (χ3v) is 7.29. The summed E-state index contributed by atoms with van der Waals surface area (Å²) in [5.41, 5.74) is 0. The molecule has 0 aromatic rings. The Kier molecular flexibility index (Phi) is 23.9. The first-order valence-electron chi connectivity index (χ1n) is 13.8. The van der Waals surface area contributed by atoms with Crippen LogP contribution in [0.3, 0.4) is 0 Å². The van der Waals surface area contributed by atoms with Gasteiger partial charge in [0.05, 0.1) is 19.4 Å². The molecule has 34 heavy (non-hydrogen) atoms. The van der Waals surface area contributed by atoms with E-state index < -0.39 is 19.7 Å². The van der Waals surface area contributed by atoms with Crippen molar-refractivity contribution in [3.63, 3.8) is 0 Å². The van der Waals surface area contributed by atoms with Crippen molar-refractivity contribution < 1.29 is 28.3 Å². The van der Waals surface area contributed by atoms with Gasteiger partial charge in [-0.3, -0.25) is 9.36 Å². The third-order valence-electron chi connectivity index (χ3n) is 5.86. The van der Waals surface area contributed by atoms with E-state index in [1.165, 1.54) is 84.0 Å². The molecule has 7 nitrogen and oxygen atoms in total. The fraction of sp³-hybridized carbons (Fsp3) is 0.962. The van der Waals surface area contributed by atoms with E-state index in [1.807, 2.05) is 7.05 Å². The molecule has 0 heterocycles. The van der Waals surface area contributed by atoms with Crippen LogP contribution in [0.25, 0.3) is 0 Å². The summed E-state index contributed by atoms with van der Waals surface area (Å²) in [6.07, 6.45) is 19.2. The van der Waals surface area contributed by atoms with Gasteiger partial charge in [-0.25, -0.2) is 0 Å². The van der Waals surface area contributed by atoms with Crippen molar-refractivity contribution in [2.24, 2.45) is 0 Å². The summed E-state index contributed by atoms with van der Waals surface area (Å²) < 4.78 is 28.1. The van der Waals surface area contributed by atoms with Crippen molar-refractivity contribution in [2.45, 2.75) is 123 Å². The zero-order valence-corrected chi connectivity index (χ0v) is 23.3. The van der Waals surface area contributed by atoms with E-state index in [0.29, 0.717) is 13.0 Å². The lowest BCUT2D eigenvalue weighted by molar-refractivity contribution is -0.151. The highest BCUT2D eigenvalue weighted by Gasteiger charge is 2.22. The maximum Gasteiger partial charge on any atom is 0.328 e. The summed E-state index contributed by atoms with van der Waals surface area (Å²) in [6.45, 7) is 5.02. The number of ether oxygens (including phenoxy) is 2. The number of hydrogen-bond acceptors (Lipinski definition) is 6. The van der Waals surface area contributed by atoms with Gasteiger partial charge in [-0.2, -0.15) is 0 Å². The minimum Gasteiger partial charge on any atom is -0.458 e. The molecule has 0 rings (SSSR count). The number of hydrogen-bond donors (Lipinski definition) is 2. The predicted molar refractivity (Wildman–Crippen MR) is 140 cm³/mol. The molecule has 0 aliphatic carbocycles. The van der Waals surface area contributed by atoms with Crippen molar-refractivity contribution in [3.8, 4) is 0 Å². The van der Waals surface area contributed by atoms with Gasteiger partial charge in [0, 0.05) is 13.5 Å². The van der Waals surface area contributed by atoms with Crippen LogP contribution in [-0.2, 0) is 23.4 Å². The molecule has 8 heteroatoms. The van der Waals surface area contributed by atoms with Gasteiger partial charge in [-0.05, 0) is 32.9 Å². The molecule has 2 atom stereocenters. The Morgan fingerprint density at radius 2 is 1.35 bits per heavy atom. The molecule has 0 aromatic heterocycles. The Morgan fingerprint density at radius 3 is 1.85 bits per heavy atom. The van der Waals surface area contributed by atoms with Crippen molar-refractivity contribution >= 4 is 13.6 Å². The Balaban J connectivity index is 3.70. The van der Waals surface area contributed by atoms with E-state index in [2.05, 4.69) is 12.2 Å². The van der Waals surface area contributed by atoms with Crippen molar-refractivity contribution in [1.29, 1.82) is 0 Å². The van der Waals surface area contributed by atoms with E-state index >= 15 is 0 Å². The molecule has 2 unspecified atom stereocenters. The van der Waals surface area contributed by atoms with Crippen LogP contribution < -0.4 is 5.32 Å². The maximum absolute atomic E-state index is 12.1. The SMILES string of the molecule is CCCCCCCCCCCCCCCCOCC(COP(=O)(O)CCCCNC)OC(C)=O. The van der Waals surface area contributed by atoms with Gasteiger partial charge in [-0.1, -0.05) is 90.4 Å². The van der Waals surface area contributed by atoms with E-state index in [9.17, 15) is 14.3 Å². The van der Waals surface area contributed by atoms with Gasteiger partial charge in [0.25, 0.3) is 0 Å². The van der Waals surface area contributed by atoms with Crippen LogP contribution in [0.1, 0.15) is 117 Å². The largest absolute Gasteiger partial charge is 0.458 e. The average molecular weight is 508 g/mol. The fourth-order valence-electron chi connectivity index (χ4n) is 3.84. The van der Waals surface area contributed by atoms with Gasteiger partial charge in [-0.15, -0.1) is 0 Å². The van der Waals surface area contributed by atoms with Crippen LogP contribution in [0.4, 0.5) is 0 Å². The lowest BCUT2D eigenvalue weighted by Gasteiger charge is -2.19. The zero-order valence-electron chi connectivity index (χ0n) is 22.4. The van der Waals surface area contributed by atoms with E-state index in [0.717, 1.165) is 25.8 Å². The summed E-state index contributed by atoms with van der Waals surface area (Å²) in [5.74, 6) is -0.449. The fourth-order valence-corrected chi connectivity index (χ4v) is 4.99. The molecule has 0 bridgehead atoms. The topological polar surface area (TPSA) is 94.1 Å². The molecule has 0 spiro atoms. The second kappa shape index (κ2) is 24.2. The molecule has 0 amide bonds. The highest BCUT2D eigenvalue weighted by atomic mass is 31.2. The van der Waals surface area contributed by atoms with Crippen LogP contribution in [0.5, 0.6) is 0 Å². The summed E-state index contributed by atoms with van der Waals surface area (Å²) >= 11 is 0. The van der Waals surface area contributed by atoms with Crippen LogP contribution >= 0.6 is 7.60 Å². The molecule has 2 N–H and O–H groups in total. The van der Waals surface area contributed by atoms with Gasteiger partial charge < -0.3 is 24.2 Å². The molecular formula is C26H54NO6P. The molecule has 0 saturated carbocycles. The first kappa shape index (κ1) is 33.5. The minimum absolute atomic E-state index is 0.0986. The lowest BCUT2D eigenvalue weighted by atomic mass is 10.0. The van der Waals surface area contributed by atoms with Gasteiger partial charge >= 0.3 is 13.6 Å². The maximum atomic E-state index is 12.1. The van der Waals surface area contributed by atoms with Crippen LogP contribution in [0, 0.1) is 0 Å². The Morgan fingerprint density at radius 1 is 0.824 bits per heavy atom. The lowest BCUT2D eigenvalue weighted by Crippen LogP contribution is -2.27. The van der Waals surface area contributed by atoms with Gasteiger partial charge in [0.1, 0.15) is 6.10 Å². The Labute approximate surface area is 209 Å². The number of carbonyl (C=O) groups excluding carboxylic acids is 1. The second-order valence-electron chi connectivity index (χ2n) is 9.37. The first-order valence-corrected chi connectivity index (χ1v) is 15.5. The smallest absolute Gasteiger partial charge is 0.328 e. The van der Waals surface area contributed by atoms with Crippen LogP contribution in [0.15, 0.2) is 0 Å². The van der Waals surface area contributed by atoms with Crippen LogP contribution in [-0.4, -0.2) is 56.5 Å². The normalized spacial score (nSPS) is 14.1. The molecule has 0 aliphatic heterocycles. The summed E-state index contributed by atoms with van der Waals surface area (Å²) in [6, 6.07) is 0. The highest BCUT2D eigenvalue weighted by Crippen LogP contribution is 2.42. The number of unbranched alkanes of at least 4 members (excludes halogenated alkanes) is 14. The van der Waals surface area contributed by atoms with Gasteiger partial charge in [0.2, 0.25) is 0 Å². The van der Waals surface area contributed by atoms with E-state index in [1.54, 1.807) is 0 Å². The molecule has 0 aromatic carbocycles. The monoisotopic (exact) mass is 507 g/mol. The minimum atomic E-state index is -3.68. The van der Waals surface area contributed by atoms with Crippen molar-refractivity contribution in [2.75, 3.05) is 39.6 Å². The highest BCUT2D eigenvalue weighted by molar-refractivity contribution is 7.52. The second-order valence-corrected chi connectivity index (χ2v) is 11.4. The molecule has 0 fully saturated rings. The number of esters is 1. The molecular weight excluding hydrogens is 453 g/mol. The van der Waals surface area contributed by atoms with E-state index in [-0.39, 0.29) is 19.4 Å². The van der Waals surface area contributed by atoms with Crippen molar-refractivity contribution in [1.82, 2.24) is 5.32 Å². The molecule has 0 saturated heterocycles. The summed E-state index contributed by atoms with van der Waals surface area (Å²) in [4.78, 5) is 21.3. The van der Waals surface area contributed by atoms with E-state index in [4.69, 9.17) is 14.0 Å². The third kappa shape index (κ3) is 24.7. The number of rotatable bonds is 26. The standard InChI is InChI=1S/C26H54NO6P/c1-4-5-6-7-8-9-10-11-12-13-14-15-16-18-21-31-23-26(33-25(2)28)24-32-34(29,30)22-19-17-20-27-3/h26-27H,4-24H2,1-3H3,(H,29,30). The first-order chi connectivity index (χ1) is 16.4. The van der Waals surface area contributed by atoms with Crippen molar-refractivity contribution in [3.05, 3.63) is 0 Å². The Bertz CT molecular complexity index is 506. The summed E-state index contributed by atoms with van der Waals surface area (Å²) in [7, 11) is -1.84. The quantitative estimate of drug-likeness (QED) is 0.0772. The van der Waals surface area contributed by atoms with Gasteiger partial charge in [0.15, 0.2) is 0 Å². The molecule has 0 aliphatic rings. The molecule has 204 valence electrons. The zero-order chi connectivity index (χ0) is 25.3. The number of nitrogens with one attached hydrogen (secondary N) is 1. The Hall–Kier alpha value is -0.460.